The average Bonchev–Trinajstić information content (AvgIpc) is 2.99. The summed E-state index contributed by atoms with van der Waals surface area (Å²) in [6.45, 7) is 2.98. The van der Waals surface area contributed by atoms with Gasteiger partial charge < -0.3 is 20.9 Å². The number of hydrogen-bond donors (Lipinski definition) is 3. The van der Waals surface area contributed by atoms with Gasteiger partial charge in [-0.15, -0.1) is 0 Å². The molecule has 3 aliphatic heterocycles. The molecular formula is C12H18N4O2. The van der Waals surface area contributed by atoms with Gasteiger partial charge in [-0.1, -0.05) is 0 Å². The minimum atomic E-state index is -0.183. The summed E-state index contributed by atoms with van der Waals surface area (Å²) in [5, 5.41) is 9.12. The summed E-state index contributed by atoms with van der Waals surface area (Å²) in [6, 6.07) is 0.292. The van der Waals surface area contributed by atoms with Crippen LogP contribution in [-0.4, -0.2) is 54.6 Å². The summed E-state index contributed by atoms with van der Waals surface area (Å²) in [4.78, 5) is 25.5. The quantitative estimate of drug-likeness (QED) is 0.552. The van der Waals surface area contributed by atoms with E-state index in [1.165, 1.54) is 6.42 Å². The van der Waals surface area contributed by atoms with E-state index in [0.717, 1.165) is 13.0 Å². The van der Waals surface area contributed by atoms with E-state index in [9.17, 15) is 9.59 Å². The van der Waals surface area contributed by atoms with Crippen LogP contribution in [0.15, 0.2) is 0 Å². The van der Waals surface area contributed by atoms with Gasteiger partial charge in [-0.25, -0.2) is 4.79 Å². The molecule has 3 saturated heterocycles. The zero-order valence-corrected chi connectivity index (χ0v) is 10.2. The van der Waals surface area contributed by atoms with Crippen molar-refractivity contribution in [2.75, 3.05) is 26.2 Å². The molecule has 3 atom stereocenters. The average molecular weight is 250 g/mol. The second-order valence-electron chi connectivity index (χ2n) is 6.16. The second-order valence-corrected chi connectivity index (χ2v) is 6.16. The fraction of sp³-hybridized carbons (Fsp3) is 0.833. The minimum absolute atomic E-state index is 0.107. The molecule has 1 aliphatic carbocycles. The highest BCUT2D eigenvalue weighted by molar-refractivity contribution is 5.84. The number of nitrogens with zero attached hydrogens (tertiary/aromatic N) is 1. The zero-order valence-electron chi connectivity index (χ0n) is 10.2. The molecule has 1 spiro atoms. The number of fused-ring (bicyclic) bond motifs is 2. The highest BCUT2D eigenvalue weighted by atomic mass is 16.2. The molecule has 18 heavy (non-hydrogen) atoms. The van der Waals surface area contributed by atoms with Gasteiger partial charge in [0.05, 0.1) is 11.5 Å². The van der Waals surface area contributed by atoms with E-state index in [-0.39, 0.29) is 17.5 Å². The van der Waals surface area contributed by atoms with Crippen LogP contribution in [-0.2, 0) is 4.79 Å². The van der Waals surface area contributed by atoms with Gasteiger partial charge in [-0.2, -0.15) is 0 Å². The highest BCUT2D eigenvalue weighted by Gasteiger charge is 2.54. The SMILES string of the molecule is O=C1NCC2(CN(C(=O)[C@@H]3[C@H]4CC[C@@H]3NC4)C2)N1. The second kappa shape index (κ2) is 3.38. The van der Waals surface area contributed by atoms with Crippen LogP contribution in [0.25, 0.3) is 0 Å². The molecule has 2 bridgehead atoms. The molecule has 6 heteroatoms. The summed E-state index contributed by atoms with van der Waals surface area (Å²) in [7, 11) is 0. The van der Waals surface area contributed by atoms with Crippen LogP contribution in [0, 0.1) is 11.8 Å². The van der Waals surface area contributed by atoms with E-state index < -0.39 is 0 Å². The standard InChI is InChI=1S/C12H18N4O2/c17-10(9-7-1-2-8(9)13-3-7)16-5-12(6-16)4-14-11(18)15-12/h7-9,13H,1-6H2,(H2,14,15,18)/t7-,8-,9+/m0/s1. The molecule has 0 radical (unpaired) electrons. The zero-order chi connectivity index (χ0) is 12.3. The molecule has 6 nitrogen and oxygen atoms in total. The highest BCUT2D eigenvalue weighted by Crippen LogP contribution is 2.39. The topological polar surface area (TPSA) is 73.5 Å². The third-order valence-corrected chi connectivity index (χ3v) is 4.98. The van der Waals surface area contributed by atoms with Gasteiger partial charge in [0.15, 0.2) is 0 Å². The lowest BCUT2D eigenvalue weighted by Gasteiger charge is -2.48. The number of carbonyl (C=O) groups excluding carboxylic acids is 2. The first-order valence-electron chi connectivity index (χ1n) is 6.75. The number of piperidine rings is 1. The number of hydrogen-bond acceptors (Lipinski definition) is 3. The molecule has 4 aliphatic rings. The molecule has 1 saturated carbocycles. The number of nitrogens with one attached hydrogen (secondary N) is 3. The molecule has 0 unspecified atom stereocenters. The molecule has 3 N–H and O–H groups in total. The molecule has 0 aromatic heterocycles. The van der Waals surface area contributed by atoms with Crippen molar-refractivity contribution in [1.29, 1.82) is 0 Å². The van der Waals surface area contributed by atoms with Crippen LogP contribution in [0.4, 0.5) is 4.79 Å². The fourth-order valence-corrected chi connectivity index (χ4v) is 4.04. The maximum atomic E-state index is 12.5. The van der Waals surface area contributed by atoms with Crippen LogP contribution in [0.5, 0.6) is 0 Å². The third-order valence-electron chi connectivity index (χ3n) is 4.98. The number of carbonyl (C=O) groups is 2. The van der Waals surface area contributed by atoms with Crippen molar-refractivity contribution in [3.63, 3.8) is 0 Å². The van der Waals surface area contributed by atoms with E-state index >= 15 is 0 Å². The van der Waals surface area contributed by atoms with Crippen molar-refractivity contribution in [2.45, 2.75) is 24.4 Å². The Labute approximate surface area is 105 Å². The monoisotopic (exact) mass is 250 g/mol. The van der Waals surface area contributed by atoms with Gasteiger partial charge in [0.25, 0.3) is 0 Å². The van der Waals surface area contributed by atoms with Crippen molar-refractivity contribution < 1.29 is 9.59 Å². The summed E-state index contributed by atoms with van der Waals surface area (Å²) >= 11 is 0. The Morgan fingerprint density at radius 1 is 1.33 bits per heavy atom. The van der Waals surface area contributed by atoms with E-state index in [1.807, 2.05) is 4.90 Å². The Kier molecular flexibility index (Phi) is 1.99. The number of amides is 3. The predicted molar refractivity (Wildman–Crippen MR) is 63.9 cm³/mol. The normalized spacial score (nSPS) is 39.7. The largest absolute Gasteiger partial charge is 0.337 e. The van der Waals surface area contributed by atoms with Crippen LogP contribution >= 0.6 is 0 Å². The van der Waals surface area contributed by atoms with Gasteiger partial charge in [-0.3, -0.25) is 4.79 Å². The van der Waals surface area contributed by atoms with Crippen molar-refractivity contribution in [3.05, 3.63) is 0 Å². The lowest BCUT2D eigenvalue weighted by atomic mass is 9.87. The molecule has 0 aromatic carbocycles. The molecule has 3 heterocycles. The van der Waals surface area contributed by atoms with Gasteiger partial charge in [0.1, 0.15) is 0 Å². The Bertz CT molecular complexity index is 398. The predicted octanol–water partition coefficient (Wildman–Crippen LogP) is -1.12. The molecule has 4 rings (SSSR count). The Hall–Kier alpha value is -1.30. The van der Waals surface area contributed by atoms with Gasteiger partial charge >= 0.3 is 6.03 Å². The van der Waals surface area contributed by atoms with Gasteiger partial charge in [0.2, 0.25) is 5.91 Å². The number of rotatable bonds is 1. The fourth-order valence-electron chi connectivity index (χ4n) is 4.04. The minimum Gasteiger partial charge on any atom is -0.337 e. The molecule has 0 aromatic rings. The Balaban J connectivity index is 1.42. The molecule has 4 fully saturated rings. The number of urea groups is 1. The third kappa shape index (κ3) is 1.32. The Morgan fingerprint density at radius 2 is 2.17 bits per heavy atom. The van der Waals surface area contributed by atoms with Gasteiger partial charge in [0, 0.05) is 25.7 Å². The summed E-state index contributed by atoms with van der Waals surface area (Å²) in [5.74, 6) is 1.02. The first kappa shape index (κ1) is 10.6. The van der Waals surface area contributed by atoms with Crippen molar-refractivity contribution in [3.8, 4) is 0 Å². The summed E-state index contributed by atoms with van der Waals surface area (Å²) in [5.41, 5.74) is -0.183. The molecule has 98 valence electrons. The van der Waals surface area contributed by atoms with Crippen molar-refractivity contribution in [1.82, 2.24) is 20.9 Å². The maximum Gasteiger partial charge on any atom is 0.315 e. The first-order valence-corrected chi connectivity index (χ1v) is 6.75. The van der Waals surface area contributed by atoms with E-state index in [0.29, 0.717) is 37.5 Å². The molecule has 3 amide bonds. The van der Waals surface area contributed by atoms with E-state index in [4.69, 9.17) is 0 Å². The maximum absolute atomic E-state index is 12.5. The smallest absolute Gasteiger partial charge is 0.315 e. The lowest BCUT2D eigenvalue weighted by molar-refractivity contribution is -0.144. The summed E-state index contributed by atoms with van der Waals surface area (Å²) in [6.07, 6.45) is 2.32. The van der Waals surface area contributed by atoms with Crippen molar-refractivity contribution in [2.24, 2.45) is 11.8 Å². The van der Waals surface area contributed by atoms with Crippen LogP contribution in [0.2, 0.25) is 0 Å². The molecular weight excluding hydrogens is 232 g/mol. The van der Waals surface area contributed by atoms with E-state index in [2.05, 4.69) is 16.0 Å². The first-order chi connectivity index (χ1) is 8.67. The Morgan fingerprint density at radius 3 is 2.67 bits per heavy atom. The van der Waals surface area contributed by atoms with Gasteiger partial charge in [-0.05, 0) is 25.3 Å². The van der Waals surface area contributed by atoms with Crippen LogP contribution in [0.1, 0.15) is 12.8 Å². The number of likely N-dealkylation sites (tertiary alicyclic amines) is 1. The van der Waals surface area contributed by atoms with Crippen molar-refractivity contribution >= 4 is 11.9 Å². The van der Waals surface area contributed by atoms with E-state index in [1.54, 1.807) is 0 Å². The lowest BCUT2D eigenvalue weighted by Crippen LogP contribution is -2.71. The van der Waals surface area contributed by atoms with Crippen LogP contribution in [0.3, 0.4) is 0 Å². The summed E-state index contributed by atoms with van der Waals surface area (Å²) < 4.78 is 0. The van der Waals surface area contributed by atoms with Crippen LogP contribution < -0.4 is 16.0 Å².